The molecule has 0 radical (unpaired) electrons. The van der Waals surface area contributed by atoms with Crippen molar-refractivity contribution in [3.05, 3.63) is 11.9 Å². The lowest BCUT2D eigenvalue weighted by Gasteiger charge is -2.23. The molecule has 0 aromatic carbocycles. The normalized spacial score (nSPS) is 26.7. The molecule has 0 bridgehead atoms. The number of nitrogens with zero attached hydrogens (tertiary/aromatic N) is 2. The molecule has 106 valence electrons. The number of nitrogens with one attached hydrogen (secondary N) is 2. The molecule has 2 N–H and O–H groups in total. The van der Waals surface area contributed by atoms with Crippen LogP contribution in [0.1, 0.15) is 52.0 Å². The Morgan fingerprint density at radius 2 is 1.84 bits per heavy atom. The van der Waals surface area contributed by atoms with Gasteiger partial charge in [-0.3, -0.25) is 0 Å². The Bertz CT molecular complexity index is 430. The molecule has 4 heteroatoms. The van der Waals surface area contributed by atoms with Crippen molar-refractivity contribution in [1.82, 2.24) is 9.97 Å². The van der Waals surface area contributed by atoms with E-state index in [1.807, 2.05) is 7.05 Å². The van der Waals surface area contributed by atoms with Gasteiger partial charge >= 0.3 is 0 Å². The summed E-state index contributed by atoms with van der Waals surface area (Å²) < 4.78 is 0. The molecule has 0 amide bonds. The summed E-state index contributed by atoms with van der Waals surface area (Å²) in [7, 11) is 1.91. The van der Waals surface area contributed by atoms with E-state index < -0.39 is 0 Å². The molecule has 3 atom stereocenters. The average molecular weight is 262 g/mol. The molecule has 1 aromatic rings. The van der Waals surface area contributed by atoms with Crippen LogP contribution in [0.2, 0.25) is 0 Å². The highest BCUT2D eigenvalue weighted by molar-refractivity contribution is 5.59. The molecule has 1 heterocycles. The van der Waals surface area contributed by atoms with Crippen molar-refractivity contribution < 1.29 is 0 Å². The Labute approximate surface area is 116 Å². The third kappa shape index (κ3) is 2.82. The second-order valence-electron chi connectivity index (χ2n) is 6.05. The van der Waals surface area contributed by atoms with E-state index in [-0.39, 0.29) is 0 Å². The van der Waals surface area contributed by atoms with E-state index in [1.165, 1.54) is 18.4 Å². The standard InChI is InChI=1S/C15H26N4/c1-9(2)13-14(16-5)17-8-18-15(13)19-12-7-6-10(3)11(12)4/h8-12H,6-7H2,1-5H3,(H2,16,17,18,19). The molecule has 0 saturated heterocycles. The van der Waals surface area contributed by atoms with E-state index >= 15 is 0 Å². The van der Waals surface area contributed by atoms with E-state index in [9.17, 15) is 0 Å². The molecular weight excluding hydrogens is 236 g/mol. The molecule has 4 nitrogen and oxygen atoms in total. The molecule has 3 unspecified atom stereocenters. The molecule has 0 spiro atoms. The minimum atomic E-state index is 0.403. The lowest BCUT2D eigenvalue weighted by molar-refractivity contribution is 0.435. The van der Waals surface area contributed by atoms with E-state index in [0.29, 0.717) is 17.9 Å². The molecule has 19 heavy (non-hydrogen) atoms. The van der Waals surface area contributed by atoms with Gasteiger partial charge in [-0.25, -0.2) is 9.97 Å². The molecular formula is C15H26N4. The molecule has 1 fully saturated rings. The van der Waals surface area contributed by atoms with Crippen molar-refractivity contribution in [3.63, 3.8) is 0 Å². The zero-order valence-corrected chi connectivity index (χ0v) is 12.7. The summed E-state index contributed by atoms with van der Waals surface area (Å²) in [6.45, 7) is 9.05. The van der Waals surface area contributed by atoms with Gasteiger partial charge in [-0.15, -0.1) is 0 Å². The third-order valence-electron chi connectivity index (χ3n) is 4.49. The Balaban J connectivity index is 2.25. The monoisotopic (exact) mass is 262 g/mol. The first-order valence-electron chi connectivity index (χ1n) is 7.33. The maximum atomic E-state index is 4.47. The lowest BCUT2D eigenvalue weighted by Crippen LogP contribution is -2.25. The van der Waals surface area contributed by atoms with E-state index in [2.05, 4.69) is 48.3 Å². The summed E-state index contributed by atoms with van der Waals surface area (Å²) in [5, 5.41) is 6.83. The number of hydrogen-bond donors (Lipinski definition) is 2. The van der Waals surface area contributed by atoms with Gasteiger partial charge in [0.05, 0.1) is 0 Å². The summed E-state index contributed by atoms with van der Waals surface area (Å²) in [5.41, 5.74) is 1.19. The summed E-state index contributed by atoms with van der Waals surface area (Å²) >= 11 is 0. The van der Waals surface area contributed by atoms with E-state index in [4.69, 9.17) is 0 Å². The highest BCUT2D eigenvalue weighted by Gasteiger charge is 2.30. The van der Waals surface area contributed by atoms with Crippen LogP contribution >= 0.6 is 0 Å². The molecule has 2 rings (SSSR count). The van der Waals surface area contributed by atoms with Crippen LogP contribution in [0.4, 0.5) is 11.6 Å². The first-order chi connectivity index (χ1) is 9.04. The second-order valence-corrected chi connectivity index (χ2v) is 6.05. The fourth-order valence-electron chi connectivity index (χ4n) is 3.00. The summed E-state index contributed by atoms with van der Waals surface area (Å²) in [5.74, 6) is 3.84. The molecule has 1 saturated carbocycles. The minimum Gasteiger partial charge on any atom is -0.373 e. The molecule has 1 aliphatic carbocycles. The van der Waals surface area contributed by atoms with Crippen molar-refractivity contribution in [3.8, 4) is 0 Å². The Kier molecular flexibility index (Phi) is 4.27. The van der Waals surface area contributed by atoms with Gasteiger partial charge in [-0.2, -0.15) is 0 Å². The minimum absolute atomic E-state index is 0.403. The summed E-state index contributed by atoms with van der Waals surface area (Å²) in [6.07, 6.45) is 4.18. The highest BCUT2D eigenvalue weighted by Crippen LogP contribution is 2.35. The summed E-state index contributed by atoms with van der Waals surface area (Å²) in [6, 6.07) is 0.534. The van der Waals surface area contributed by atoms with Gasteiger partial charge in [0, 0.05) is 18.7 Å². The van der Waals surface area contributed by atoms with Gasteiger partial charge in [-0.1, -0.05) is 27.7 Å². The molecule has 1 aromatic heterocycles. The maximum absolute atomic E-state index is 4.47. The Morgan fingerprint density at radius 1 is 1.16 bits per heavy atom. The van der Waals surface area contributed by atoms with Crippen molar-refractivity contribution >= 4 is 11.6 Å². The lowest BCUT2D eigenvalue weighted by atomic mass is 9.97. The smallest absolute Gasteiger partial charge is 0.135 e. The predicted octanol–water partition coefficient (Wildman–Crippen LogP) is 3.49. The topological polar surface area (TPSA) is 49.8 Å². The zero-order valence-electron chi connectivity index (χ0n) is 12.7. The fourth-order valence-corrected chi connectivity index (χ4v) is 3.00. The second kappa shape index (κ2) is 5.76. The number of rotatable bonds is 4. The van der Waals surface area contributed by atoms with Gasteiger partial charge < -0.3 is 10.6 Å². The van der Waals surface area contributed by atoms with Crippen molar-refractivity contribution in [2.24, 2.45) is 11.8 Å². The van der Waals surface area contributed by atoms with Crippen molar-refractivity contribution in [2.45, 2.75) is 52.5 Å². The van der Waals surface area contributed by atoms with E-state index in [0.717, 1.165) is 17.6 Å². The van der Waals surface area contributed by atoms with Crippen molar-refractivity contribution in [1.29, 1.82) is 0 Å². The third-order valence-corrected chi connectivity index (χ3v) is 4.49. The van der Waals surface area contributed by atoms with Crippen LogP contribution in [-0.4, -0.2) is 23.1 Å². The van der Waals surface area contributed by atoms with Crippen LogP contribution in [0.25, 0.3) is 0 Å². The van der Waals surface area contributed by atoms with Gasteiger partial charge in [0.2, 0.25) is 0 Å². The average Bonchev–Trinajstić information content (AvgIpc) is 2.70. The first kappa shape index (κ1) is 14.1. The van der Waals surface area contributed by atoms with Crippen LogP contribution in [-0.2, 0) is 0 Å². The van der Waals surface area contributed by atoms with Crippen LogP contribution in [0.15, 0.2) is 6.33 Å². The van der Waals surface area contributed by atoms with Crippen molar-refractivity contribution in [2.75, 3.05) is 17.7 Å². The highest BCUT2D eigenvalue weighted by atomic mass is 15.1. The SMILES string of the molecule is CNc1ncnc(NC2CCC(C)C2C)c1C(C)C. The predicted molar refractivity (Wildman–Crippen MR) is 80.6 cm³/mol. The van der Waals surface area contributed by atoms with Crippen LogP contribution in [0.5, 0.6) is 0 Å². The largest absolute Gasteiger partial charge is 0.373 e. The van der Waals surface area contributed by atoms with Gasteiger partial charge in [-0.05, 0) is 30.6 Å². The molecule has 1 aliphatic rings. The maximum Gasteiger partial charge on any atom is 0.135 e. The number of aromatic nitrogens is 2. The zero-order chi connectivity index (χ0) is 14.0. The number of hydrogen-bond acceptors (Lipinski definition) is 4. The van der Waals surface area contributed by atoms with Crippen LogP contribution in [0, 0.1) is 11.8 Å². The van der Waals surface area contributed by atoms with Gasteiger partial charge in [0.25, 0.3) is 0 Å². The van der Waals surface area contributed by atoms with E-state index in [1.54, 1.807) is 6.33 Å². The Hall–Kier alpha value is -1.32. The van der Waals surface area contributed by atoms with Gasteiger partial charge in [0.1, 0.15) is 18.0 Å². The van der Waals surface area contributed by atoms with Gasteiger partial charge in [0.15, 0.2) is 0 Å². The quantitative estimate of drug-likeness (QED) is 0.872. The van der Waals surface area contributed by atoms with Crippen LogP contribution < -0.4 is 10.6 Å². The first-order valence-corrected chi connectivity index (χ1v) is 7.33. The molecule has 0 aliphatic heterocycles. The number of anilines is 2. The fraction of sp³-hybridized carbons (Fsp3) is 0.733. The van der Waals surface area contributed by atoms with Crippen LogP contribution in [0.3, 0.4) is 0 Å². The summed E-state index contributed by atoms with van der Waals surface area (Å²) in [4.78, 5) is 8.79. The Morgan fingerprint density at radius 3 is 2.37 bits per heavy atom.